The van der Waals surface area contributed by atoms with Gasteiger partial charge in [0.1, 0.15) is 23.7 Å². The van der Waals surface area contributed by atoms with E-state index >= 15 is 0 Å². The number of hydrogen-bond acceptors (Lipinski definition) is 5. The number of amides is 1. The number of carbonyl (C=O) groups is 1. The fourth-order valence-corrected chi connectivity index (χ4v) is 4.39. The molecule has 1 amide bonds. The molecule has 0 aliphatic carbocycles. The van der Waals surface area contributed by atoms with Crippen LogP contribution in [-0.2, 0) is 12.8 Å². The van der Waals surface area contributed by atoms with Gasteiger partial charge in [-0.15, -0.1) is 0 Å². The number of halogens is 4. The number of aryl methyl sites for hydroxylation is 1. The van der Waals surface area contributed by atoms with Crippen molar-refractivity contribution in [2.75, 3.05) is 13.1 Å². The molecule has 4 rings (SSSR count). The molecule has 0 radical (unpaired) electrons. The van der Waals surface area contributed by atoms with Crippen LogP contribution in [-0.4, -0.2) is 33.1 Å². The van der Waals surface area contributed by atoms with E-state index in [0.29, 0.717) is 28.0 Å². The van der Waals surface area contributed by atoms with Gasteiger partial charge in [-0.2, -0.15) is 13.2 Å². The van der Waals surface area contributed by atoms with E-state index in [4.69, 9.17) is 9.15 Å². The van der Waals surface area contributed by atoms with E-state index in [0.717, 1.165) is 25.7 Å². The van der Waals surface area contributed by atoms with Crippen LogP contribution in [0.4, 0.5) is 13.2 Å². The monoisotopic (exact) mass is 545 g/mol. The number of nitrogens with zero attached hydrogens (tertiary/aromatic N) is 2. The zero-order valence-corrected chi connectivity index (χ0v) is 18.7. The predicted octanol–water partition coefficient (Wildman–Crippen LogP) is 4.89. The average Bonchev–Trinajstić information content (AvgIpc) is 3.27. The Hall–Kier alpha value is -2.34. The number of carbonyl (C=O) groups excluding carboxylic acids is 1. The molecule has 2 aromatic heterocycles. The summed E-state index contributed by atoms with van der Waals surface area (Å²) in [5.41, 5.74) is -0.129. The summed E-state index contributed by atoms with van der Waals surface area (Å²) in [5, 5.41) is 3.58. The highest BCUT2D eigenvalue weighted by molar-refractivity contribution is 14.1. The molecule has 0 spiro atoms. The third-order valence-electron chi connectivity index (χ3n) is 5.09. The lowest BCUT2D eigenvalue weighted by molar-refractivity contribution is -0.142. The minimum atomic E-state index is -4.56. The van der Waals surface area contributed by atoms with Gasteiger partial charge in [0.2, 0.25) is 0 Å². The minimum Gasteiger partial charge on any atom is -0.489 e. The van der Waals surface area contributed by atoms with E-state index < -0.39 is 11.9 Å². The number of hydrogen-bond donors (Lipinski definition) is 1. The topological polar surface area (TPSA) is 67.6 Å². The molecule has 1 fully saturated rings. The van der Waals surface area contributed by atoms with Gasteiger partial charge in [-0.3, -0.25) is 9.78 Å². The van der Waals surface area contributed by atoms with Crippen molar-refractivity contribution in [1.82, 2.24) is 13.4 Å². The summed E-state index contributed by atoms with van der Waals surface area (Å²) in [6.07, 6.45) is -2.60. The Kier molecular flexibility index (Phi) is 6.11. The molecule has 1 aliphatic rings. The maximum Gasteiger partial charge on any atom is 0.433 e. The summed E-state index contributed by atoms with van der Waals surface area (Å²) >= 11 is 2.23. The second kappa shape index (κ2) is 8.65. The summed E-state index contributed by atoms with van der Waals surface area (Å²) in [6, 6.07) is 7.67. The molecule has 1 saturated heterocycles. The van der Waals surface area contributed by atoms with Gasteiger partial charge in [0, 0.05) is 59.1 Å². The van der Waals surface area contributed by atoms with Gasteiger partial charge in [0.15, 0.2) is 5.69 Å². The van der Waals surface area contributed by atoms with Gasteiger partial charge in [-0.25, -0.2) is 3.11 Å². The van der Waals surface area contributed by atoms with Gasteiger partial charge in [-0.05, 0) is 37.6 Å². The highest BCUT2D eigenvalue weighted by Gasteiger charge is 2.35. The third-order valence-corrected chi connectivity index (χ3v) is 5.97. The fraction of sp³-hybridized carbons (Fsp3) is 0.333. The molecule has 10 heteroatoms. The lowest BCUT2D eigenvalue weighted by atomic mass is 10.1. The Morgan fingerprint density at radius 1 is 1.39 bits per heavy atom. The van der Waals surface area contributed by atoms with Crippen molar-refractivity contribution in [3.05, 3.63) is 59.1 Å². The number of benzene rings is 1. The molecule has 1 unspecified atom stereocenters. The van der Waals surface area contributed by atoms with Crippen LogP contribution in [0, 0.1) is 6.92 Å². The van der Waals surface area contributed by atoms with Crippen molar-refractivity contribution in [3.63, 3.8) is 0 Å². The number of aromatic nitrogens is 1. The third kappa shape index (κ3) is 4.79. The van der Waals surface area contributed by atoms with Crippen LogP contribution in [0.3, 0.4) is 0 Å². The van der Waals surface area contributed by atoms with Crippen LogP contribution in [0.5, 0.6) is 5.75 Å². The van der Waals surface area contributed by atoms with Crippen LogP contribution < -0.4 is 10.1 Å². The van der Waals surface area contributed by atoms with Crippen LogP contribution in [0.1, 0.15) is 33.8 Å². The number of rotatable bonds is 5. The molecular weight excluding hydrogens is 526 g/mol. The normalized spacial score (nSPS) is 17.3. The Morgan fingerprint density at radius 3 is 2.90 bits per heavy atom. The first-order chi connectivity index (χ1) is 14.7. The van der Waals surface area contributed by atoms with Crippen LogP contribution >= 0.6 is 22.9 Å². The molecule has 1 aliphatic heterocycles. The molecule has 164 valence electrons. The fourth-order valence-electron chi connectivity index (χ4n) is 3.64. The van der Waals surface area contributed by atoms with E-state index in [-0.39, 0.29) is 24.1 Å². The van der Waals surface area contributed by atoms with Gasteiger partial charge >= 0.3 is 6.18 Å². The molecular formula is C21H19F3IN3O3. The lowest BCUT2D eigenvalue weighted by Crippen LogP contribution is -2.36. The number of furan rings is 1. The number of nitrogens with one attached hydrogen (secondary N) is 1. The van der Waals surface area contributed by atoms with Gasteiger partial charge < -0.3 is 14.5 Å². The Balaban J connectivity index is 1.56. The first-order valence-corrected chi connectivity index (χ1v) is 10.6. The Bertz CT molecular complexity index is 1120. The van der Waals surface area contributed by atoms with Crippen LogP contribution in [0.2, 0.25) is 0 Å². The first-order valence-electron chi connectivity index (χ1n) is 9.61. The van der Waals surface area contributed by atoms with Crippen molar-refractivity contribution in [3.8, 4) is 5.75 Å². The minimum absolute atomic E-state index is 0.0551. The van der Waals surface area contributed by atoms with Gasteiger partial charge in [0.25, 0.3) is 5.91 Å². The second-order valence-electron chi connectivity index (χ2n) is 7.32. The molecule has 6 nitrogen and oxygen atoms in total. The lowest BCUT2D eigenvalue weighted by Gasteiger charge is -2.13. The maximum absolute atomic E-state index is 13.1. The SMILES string of the molecule is Cc1oc2ccc(OCc3cccnc3C(F)(F)F)cc2c1C(=O)NC1CCN(I)C1. The number of alkyl halides is 3. The summed E-state index contributed by atoms with van der Waals surface area (Å²) in [4.78, 5) is 16.3. The molecule has 3 aromatic rings. The summed E-state index contributed by atoms with van der Waals surface area (Å²) in [5.74, 6) is 0.566. The summed E-state index contributed by atoms with van der Waals surface area (Å²) in [6.45, 7) is 3.07. The number of ether oxygens (including phenoxy) is 1. The van der Waals surface area contributed by atoms with E-state index in [2.05, 4.69) is 36.3 Å². The number of pyridine rings is 1. The van der Waals surface area contributed by atoms with Gasteiger partial charge in [0.05, 0.1) is 5.56 Å². The predicted molar refractivity (Wildman–Crippen MR) is 116 cm³/mol. The van der Waals surface area contributed by atoms with E-state index in [1.165, 1.54) is 12.1 Å². The quantitative estimate of drug-likeness (QED) is 0.366. The maximum atomic E-state index is 13.1. The molecule has 1 N–H and O–H groups in total. The zero-order valence-electron chi connectivity index (χ0n) is 16.5. The average molecular weight is 545 g/mol. The van der Waals surface area contributed by atoms with Crippen LogP contribution in [0.25, 0.3) is 11.0 Å². The van der Waals surface area contributed by atoms with Crippen LogP contribution in [0.15, 0.2) is 40.9 Å². The van der Waals surface area contributed by atoms with Crippen molar-refractivity contribution >= 4 is 39.7 Å². The molecule has 1 atom stereocenters. The molecule has 1 aromatic carbocycles. The zero-order chi connectivity index (χ0) is 22.2. The van der Waals surface area contributed by atoms with Crippen molar-refractivity contribution in [1.29, 1.82) is 0 Å². The molecule has 0 bridgehead atoms. The summed E-state index contributed by atoms with van der Waals surface area (Å²) in [7, 11) is 0. The second-order valence-corrected chi connectivity index (χ2v) is 8.68. The Labute approximate surface area is 190 Å². The Morgan fingerprint density at radius 2 is 2.19 bits per heavy atom. The van der Waals surface area contributed by atoms with Crippen molar-refractivity contribution in [2.45, 2.75) is 32.2 Å². The molecule has 3 heterocycles. The smallest absolute Gasteiger partial charge is 0.433 e. The van der Waals surface area contributed by atoms with E-state index in [1.807, 2.05) is 0 Å². The van der Waals surface area contributed by atoms with Gasteiger partial charge in [-0.1, -0.05) is 6.07 Å². The molecule has 31 heavy (non-hydrogen) atoms. The standard InChI is InChI=1S/C21H19F3IN3O3/c1-12-18(20(29)27-14-6-8-28(25)10-14)16-9-15(4-5-17(16)31-12)30-11-13-3-2-7-26-19(13)21(22,23)24/h2-5,7,9,14H,6,8,10-11H2,1H3,(H,27,29). The van der Waals surface area contributed by atoms with E-state index in [9.17, 15) is 18.0 Å². The van der Waals surface area contributed by atoms with Crippen molar-refractivity contribution in [2.24, 2.45) is 0 Å². The van der Waals surface area contributed by atoms with Crippen molar-refractivity contribution < 1.29 is 27.1 Å². The molecule has 0 saturated carbocycles. The highest BCUT2D eigenvalue weighted by Crippen LogP contribution is 2.32. The summed E-state index contributed by atoms with van der Waals surface area (Å²) < 4.78 is 52.8. The first kappa shape index (κ1) is 21.9. The highest BCUT2D eigenvalue weighted by atomic mass is 127. The largest absolute Gasteiger partial charge is 0.489 e. The van der Waals surface area contributed by atoms with E-state index in [1.54, 1.807) is 25.1 Å². The number of fused-ring (bicyclic) bond motifs is 1.